The highest BCUT2D eigenvalue weighted by atomic mass is 35.5. The molecule has 0 unspecified atom stereocenters. The van der Waals surface area contributed by atoms with Crippen LogP contribution in [0.15, 0.2) is 12.4 Å². The highest BCUT2D eigenvalue weighted by Crippen LogP contribution is 2.22. The molecule has 0 bridgehead atoms. The number of aryl methyl sites for hydroxylation is 1. The maximum absolute atomic E-state index is 8.95. The first-order valence-electron chi connectivity index (χ1n) is 8.04. The zero-order chi connectivity index (χ0) is 16.2. The molecule has 0 aromatic carbocycles. The van der Waals surface area contributed by atoms with E-state index in [-0.39, 0.29) is 6.61 Å². The Morgan fingerprint density at radius 2 is 2.26 bits per heavy atom. The molecule has 1 aliphatic rings. The Morgan fingerprint density at radius 1 is 1.39 bits per heavy atom. The van der Waals surface area contributed by atoms with Crippen molar-refractivity contribution in [3.63, 3.8) is 0 Å². The predicted molar refractivity (Wildman–Crippen MR) is 87.0 cm³/mol. The van der Waals surface area contributed by atoms with E-state index < -0.39 is 0 Å². The van der Waals surface area contributed by atoms with Crippen LogP contribution < -0.4 is 0 Å². The summed E-state index contributed by atoms with van der Waals surface area (Å²) < 4.78 is 3.66. The number of hydrogen-bond acceptors (Lipinski definition) is 5. The third-order valence-corrected chi connectivity index (χ3v) is 4.55. The average molecular weight is 339 g/mol. The summed E-state index contributed by atoms with van der Waals surface area (Å²) in [6.07, 6.45) is 6.71. The van der Waals surface area contributed by atoms with Gasteiger partial charge in [-0.1, -0.05) is 16.8 Å². The van der Waals surface area contributed by atoms with Crippen LogP contribution in [-0.2, 0) is 26.6 Å². The van der Waals surface area contributed by atoms with Crippen molar-refractivity contribution in [2.75, 3.05) is 19.7 Å². The summed E-state index contributed by atoms with van der Waals surface area (Å²) in [6.45, 7) is 3.87. The molecule has 1 saturated heterocycles. The highest BCUT2D eigenvalue weighted by Gasteiger charge is 2.22. The van der Waals surface area contributed by atoms with E-state index in [0.717, 1.165) is 42.6 Å². The van der Waals surface area contributed by atoms with Crippen LogP contribution in [0.25, 0.3) is 0 Å². The van der Waals surface area contributed by atoms with Crippen LogP contribution in [0.1, 0.15) is 24.2 Å². The van der Waals surface area contributed by atoms with E-state index in [0.29, 0.717) is 12.3 Å². The lowest BCUT2D eigenvalue weighted by molar-refractivity contribution is 0.151. The van der Waals surface area contributed by atoms with Crippen molar-refractivity contribution in [3.8, 4) is 0 Å². The molecule has 23 heavy (non-hydrogen) atoms. The number of aliphatic hydroxyl groups is 1. The maximum atomic E-state index is 8.95. The minimum absolute atomic E-state index is 0.112. The summed E-state index contributed by atoms with van der Waals surface area (Å²) >= 11 is 6.21. The number of halogens is 1. The number of hydrogen-bond donors (Lipinski definition) is 1. The Balaban J connectivity index is 1.56. The first-order chi connectivity index (χ1) is 11.1. The fourth-order valence-electron chi connectivity index (χ4n) is 3.19. The van der Waals surface area contributed by atoms with Crippen molar-refractivity contribution in [3.05, 3.63) is 28.8 Å². The molecular weight excluding hydrogens is 316 g/mol. The van der Waals surface area contributed by atoms with Gasteiger partial charge in [0.1, 0.15) is 0 Å². The quantitative estimate of drug-likeness (QED) is 0.854. The van der Waals surface area contributed by atoms with Gasteiger partial charge >= 0.3 is 0 Å². The Bertz CT molecular complexity index is 640. The molecule has 0 radical (unpaired) electrons. The van der Waals surface area contributed by atoms with E-state index in [1.165, 1.54) is 12.8 Å². The minimum Gasteiger partial charge on any atom is -0.396 e. The van der Waals surface area contributed by atoms with Crippen LogP contribution in [0, 0.1) is 5.92 Å². The smallest absolute Gasteiger partial charge is 0.0950 e. The fourth-order valence-corrected chi connectivity index (χ4v) is 3.43. The second-order valence-electron chi connectivity index (χ2n) is 6.25. The molecule has 0 spiro atoms. The predicted octanol–water partition coefficient (Wildman–Crippen LogP) is 1.11. The van der Waals surface area contributed by atoms with Crippen molar-refractivity contribution >= 4 is 11.6 Å². The van der Waals surface area contributed by atoms with E-state index in [4.69, 9.17) is 16.7 Å². The Morgan fingerprint density at radius 3 is 3.00 bits per heavy atom. The van der Waals surface area contributed by atoms with Gasteiger partial charge in [0.25, 0.3) is 0 Å². The molecule has 2 aromatic rings. The van der Waals surface area contributed by atoms with Crippen LogP contribution in [0.3, 0.4) is 0 Å². The number of piperidine rings is 1. The van der Waals surface area contributed by atoms with E-state index in [1.807, 2.05) is 24.1 Å². The zero-order valence-corrected chi connectivity index (χ0v) is 14.2. The molecule has 7 nitrogen and oxygen atoms in total. The Kier molecular flexibility index (Phi) is 5.30. The molecule has 1 atom stereocenters. The normalized spacial score (nSPS) is 19.3. The lowest BCUT2D eigenvalue weighted by atomic mass is 9.98. The largest absolute Gasteiger partial charge is 0.396 e. The molecule has 126 valence electrons. The molecule has 0 aliphatic carbocycles. The summed E-state index contributed by atoms with van der Waals surface area (Å²) in [7, 11) is 1.89. The number of rotatable bonds is 6. The standard InChI is InChI=1S/C15H23ClN6O/c1-20-10-14(16)15(18-20)11-21-5-2-3-12(7-21)8-22-9-13(4-6-23)17-19-22/h9-10,12,23H,2-8,11H2,1H3/t12-/m1/s1. The third-order valence-electron chi connectivity index (χ3n) is 4.23. The summed E-state index contributed by atoms with van der Waals surface area (Å²) in [4.78, 5) is 2.41. The molecule has 3 heterocycles. The fraction of sp³-hybridized carbons (Fsp3) is 0.667. The topological polar surface area (TPSA) is 72.0 Å². The second kappa shape index (κ2) is 7.42. The van der Waals surface area contributed by atoms with Gasteiger partial charge in [0, 0.05) is 52.1 Å². The molecule has 0 saturated carbocycles. The van der Waals surface area contributed by atoms with Gasteiger partial charge in [-0.15, -0.1) is 5.10 Å². The molecule has 3 rings (SSSR count). The van der Waals surface area contributed by atoms with E-state index in [1.54, 1.807) is 4.68 Å². The molecule has 1 aliphatic heterocycles. The van der Waals surface area contributed by atoms with Gasteiger partial charge in [-0.3, -0.25) is 14.3 Å². The number of nitrogens with zero attached hydrogens (tertiary/aromatic N) is 6. The average Bonchev–Trinajstić information content (AvgIpc) is 3.07. The summed E-state index contributed by atoms with van der Waals surface area (Å²) in [5.74, 6) is 0.551. The van der Waals surface area contributed by atoms with E-state index in [9.17, 15) is 0 Å². The van der Waals surface area contributed by atoms with Gasteiger partial charge in [0.2, 0.25) is 0 Å². The van der Waals surface area contributed by atoms with E-state index >= 15 is 0 Å². The maximum Gasteiger partial charge on any atom is 0.0950 e. The monoisotopic (exact) mass is 338 g/mol. The van der Waals surface area contributed by atoms with Gasteiger partial charge in [-0.05, 0) is 25.3 Å². The number of likely N-dealkylation sites (tertiary alicyclic amines) is 1. The number of aromatic nitrogens is 5. The van der Waals surface area contributed by atoms with Crippen molar-refractivity contribution < 1.29 is 5.11 Å². The van der Waals surface area contributed by atoms with Crippen molar-refractivity contribution in [1.29, 1.82) is 0 Å². The van der Waals surface area contributed by atoms with E-state index in [2.05, 4.69) is 20.3 Å². The molecule has 2 aromatic heterocycles. The molecular formula is C15H23ClN6O. The van der Waals surface area contributed by atoms with Crippen molar-refractivity contribution in [1.82, 2.24) is 29.7 Å². The molecule has 8 heteroatoms. The molecule has 0 amide bonds. The van der Waals surface area contributed by atoms with Crippen molar-refractivity contribution in [2.24, 2.45) is 13.0 Å². The second-order valence-corrected chi connectivity index (χ2v) is 6.65. The number of aliphatic hydroxyl groups excluding tert-OH is 1. The first kappa shape index (κ1) is 16.4. The van der Waals surface area contributed by atoms with Gasteiger partial charge in [0.05, 0.1) is 16.4 Å². The lowest BCUT2D eigenvalue weighted by Gasteiger charge is -2.32. The zero-order valence-electron chi connectivity index (χ0n) is 13.4. The SMILES string of the molecule is Cn1cc(Cl)c(CN2CCC[C@@H](Cn3cc(CCO)nn3)C2)n1. The summed E-state index contributed by atoms with van der Waals surface area (Å²) in [5.41, 5.74) is 1.79. The molecule has 1 N–H and O–H groups in total. The van der Waals surface area contributed by atoms with Crippen molar-refractivity contribution in [2.45, 2.75) is 32.4 Å². The highest BCUT2D eigenvalue weighted by molar-refractivity contribution is 6.31. The lowest BCUT2D eigenvalue weighted by Crippen LogP contribution is -2.36. The van der Waals surface area contributed by atoms with Gasteiger partial charge in [-0.25, -0.2) is 0 Å². The third kappa shape index (κ3) is 4.31. The van der Waals surface area contributed by atoms with Gasteiger partial charge in [-0.2, -0.15) is 5.10 Å². The summed E-state index contributed by atoms with van der Waals surface area (Å²) in [6, 6.07) is 0. The van der Waals surface area contributed by atoms with Gasteiger partial charge < -0.3 is 5.11 Å². The first-order valence-corrected chi connectivity index (χ1v) is 8.42. The van der Waals surface area contributed by atoms with Crippen LogP contribution in [0.5, 0.6) is 0 Å². The summed E-state index contributed by atoms with van der Waals surface area (Å²) in [5, 5.41) is 22.3. The van der Waals surface area contributed by atoms with Crippen LogP contribution in [0.2, 0.25) is 5.02 Å². The van der Waals surface area contributed by atoms with Crippen LogP contribution in [0.4, 0.5) is 0 Å². The van der Waals surface area contributed by atoms with Crippen LogP contribution >= 0.6 is 11.6 Å². The van der Waals surface area contributed by atoms with Crippen LogP contribution in [-0.4, -0.2) is 54.5 Å². The molecule has 1 fully saturated rings. The van der Waals surface area contributed by atoms with Gasteiger partial charge in [0.15, 0.2) is 0 Å². The Hall–Kier alpha value is -1.44. The Labute approximate surface area is 140 Å². The minimum atomic E-state index is 0.112.